The molecule has 0 unspecified atom stereocenters. The Morgan fingerprint density at radius 2 is 1.91 bits per heavy atom. The van der Waals surface area contributed by atoms with Crippen molar-refractivity contribution in [2.75, 3.05) is 0 Å². The van der Waals surface area contributed by atoms with E-state index in [2.05, 4.69) is 15.3 Å². The zero-order valence-electron chi connectivity index (χ0n) is 15.7. The van der Waals surface area contributed by atoms with Crippen molar-refractivity contribution in [3.63, 3.8) is 0 Å². The van der Waals surface area contributed by atoms with E-state index in [1.807, 2.05) is 0 Å². The molecule has 0 spiro atoms. The van der Waals surface area contributed by atoms with Gasteiger partial charge in [0.05, 0.1) is 2.74 Å². The third-order valence-corrected chi connectivity index (χ3v) is 2.99. The first-order valence-corrected chi connectivity index (χ1v) is 5.91. The summed E-state index contributed by atoms with van der Waals surface area (Å²) in [5.74, 6) is -3.27. The quantitative estimate of drug-likeness (QED) is 0.466. The highest BCUT2D eigenvalue weighted by Gasteiger charge is 2.19. The molecule has 1 aromatic heterocycles. The van der Waals surface area contributed by atoms with Crippen LogP contribution in [0.1, 0.15) is 2.74 Å². The Balaban J connectivity index is 2.50. The standard InChI is InChI=1S/C15H10O7/c16-7-4-10(19)12-11(5-7)22-15(14(21)13(12)20)6-1-2-8(17)9(18)3-6/h1-5,16-19,21H/i4D,5D/hD3. The molecular formula is C15H10O7. The number of hydrogen-bond acceptors (Lipinski definition) is 7. The molecule has 22 heavy (non-hydrogen) atoms. The second-order valence-electron chi connectivity index (χ2n) is 4.41. The summed E-state index contributed by atoms with van der Waals surface area (Å²) in [5.41, 5.74) is -1.47. The largest absolute Gasteiger partial charge is 0.508 e. The number of aromatic hydroxyl groups is 5. The molecule has 0 amide bonds. The fourth-order valence-corrected chi connectivity index (χ4v) is 1.97. The van der Waals surface area contributed by atoms with Crippen LogP contribution in [-0.2, 0) is 0 Å². The minimum absolute atomic E-state index is 0.0302. The Morgan fingerprint density at radius 3 is 2.59 bits per heavy atom. The molecule has 0 aliphatic heterocycles. The van der Waals surface area contributed by atoms with Crippen LogP contribution in [0.3, 0.4) is 0 Å². The highest BCUT2D eigenvalue weighted by molar-refractivity contribution is 5.88. The molecule has 2 aromatic carbocycles. The molecule has 0 aliphatic carbocycles. The van der Waals surface area contributed by atoms with Crippen molar-refractivity contribution in [1.82, 2.24) is 0 Å². The van der Waals surface area contributed by atoms with Gasteiger partial charge >= 0.3 is 0 Å². The Hall–Kier alpha value is -3.35. The van der Waals surface area contributed by atoms with Crippen molar-refractivity contribution in [3.05, 3.63) is 40.5 Å². The van der Waals surface area contributed by atoms with Gasteiger partial charge in [0.1, 0.15) is 22.5 Å². The Morgan fingerprint density at radius 1 is 1.05 bits per heavy atom. The lowest BCUT2D eigenvalue weighted by Gasteiger charge is -2.08. The Kier molecular flexibility index (Phi) is 1.84. The molecule has 3 rings (SSSR count). The Bertz CT molecular complexity index is 1110. The number of fused-ring (bicyclic) bond motifs is 1. The van der Waals surface area contributed by atoms with Gasteiger partial charge in [0, 0.05) is 17.6 Å². The summed E-state index contributed by atoms with van der Waals surface area (Å²) in [6.45, 7) is 0. The van der Waals surface area contributed by atoms with Crippen molar-refractivity contribution in [1.29, 1.82) is 4.29 Å². The lowest BCUT2D eigenvalue weighted by Crippen LogP contribution is -2.02. The topological polar surface area (TPSA) is 131 Å². The molecule has 0 saturated carbocycles. The molecule has 7 nitrogen and oxygen atoms in total. The van der Waals surface area contributed by atoms with Gasteiger partial charge in [-0.05, 0) is 18.2 Å². The van der Waals surface area contributed by atoms with Crippen LogP contribution >= 0.6 is 0 Å². The van der Waals surface area contributed by atoms with Crippen LogP contribution in [0.15, 0.2) is 39.5 Å². The van der Waals surface area contributed by atoms with Crippen LogP contribution in [0.4, 0.5) is 0 Å². The van der Waals surface area contributed by atoms with Crippen molar-refractivity contribution < 1.29 is 32.7 Å². The van der Waals surface area contributed by atoms with Crippen molar-refractivity contribution in [2.24, 2.45) is 0 Å². The second kappa shape index (κ2) is 4.59. The maximum Gasteiger partial charge on any atom is 0.293 e. The first-order valence-electron chi connectivity index (χ1n) is 8.13. The van der Waals surface area contributed by atoms with Crippen LogP contribution in [0.2, 0.25) is 0 Å². The summed E-state index contributed by atoms with van der Waals surface area (Å²) >= 11 is 0. The first kappa shape index (κ1) is 8.83. The normalized spacial score (nSPS) is 13.5. The van der Waals surface area contributed by atoms with Gasteiger partial charge in [-0.3, -0.25) is 4.79 Å². The molecule has 0 fully saturated rings. The third kappa shape index (κ3) is 1.96. The Labute approximate surface area is 129 Å². The monoisotopic (exact) mass is 307 g/mol. The van der Waals surface area contributed by atoms with E-state index in [1.54, 1.807) is 0 Å². The number of benzene rings is 2. The van der Waals surface area contributed by atoms with Crippen LogP contribution in [0, 0.1) is 0 Å². The van der Waals surface area contributed by atoms with Crippen LogP contribution in [0.5, 0.6) is 28.7 Å². The average molecular weight is 307 g/mol. The second-order valence-corrected chi connectivity index (χ2v) is 4.41. The molecule has 0 atom stereocenters. The maximum absolute atomic E-state index is 12.8. The van der Waals surface area contributed by atoms with Gasteiger partial charge in [-0.2, -0.15) is 0 Å². The molecule has 5 N–H and O–H groups in total. The fraction of sp³-hybridized carbons (Fsp3) is 0. The molecule has 1 heterocycles. The summed E-state index contributed by atoms with van der Waals surface area (Å²) < 4.78 is 42.5. The molecule has 0 saturated heterocycles. The van der Waals surface area contributed by atoms with E-state index < -0.39 is 57.2 Å². The molecule has 0 radical (unpaired) electrons. The lowest BCUT2D eigenvalue weighted by atomic mass is 10.1. The highest BCUT2D eigenvalue weighted by Crippen LogP contribution is 2.37. The summed E-state index contributed by atoms with van der Waals surface area (Å²) in [5, 5.41) is 31.4. The van der Waals surface area contributed by atoms with Gasteiger partial charge in [0.2, 0.25) is 11.2 Å². The summed E-state index contributed by atoms with van der Waals surface area (Å²) in [7, 11) is 0. The van der Waals surface area contributed by atoms with Gasteiger partial charge < -0.3 is 30.0 Å². The highest BCUT2D eigenvalue weighted by atomic mass is 16.4. The number of phenolic OH excluding ortho intramolecular Hbond substituents is 4. The van der Waals surface area contributed by atoms with E-state index in [4.69, 9.17) is 11.5 Å². The molecule has 0 aliphatic rings. The predicted molar refractivity (Wildman–Crippen MR) is 76.2 cm³/mol. The number of rotatable bonds is 4. The fourth-order valence-electron chi connectivity index (χ4n) is 1.97. The van der Waals surface area contributed by atoms with Crippen LogP contribution in [0.25, 0.3) is 22.3 Å². The smallest absolute Gasteiger partial charge is 0.293 e. The molecule has 0 bridgehead atoms. The van der Waals surface area contributed by atoms with Crippen LogP contribution < -0.4 is 5.43 Å². The van der Waals surface area contributed by atoms with E-state index >= 15 is 0 Å². The zero-order valence-corrected chi connectivity index (χ0v) is 10.7. The molecule has 112 valence electrons. The SMILES string of the molecule is [2H]Oc1c([2H])c(O[2H])c2c(=O)c(O[2H])c(-c3ccc(O)c(O)c3)oc2c1[2H]. The van der Waals surface area contributed by atoms with E-state index in [0.29, 0.717) is 0 Å². The molecular weight excluding hydrogens is 292 g/mol. The minimum Gasteiger partial charge on any atom is -0.508 e. The van der Waals surface area contributed by atoms with Gasteiger partial charge in [0.15, 0.2) is 17.3 Å². The third-order valence-electron chi connectivity index (χ3n) is 2.99. The van der Waals surface area contributed by atoms with Crippen molar-refractivity contribution in [3.8, 4) is 40.1 Å². The van der Waals surface area contributed by atoms with E-state index in [1.165, 1.54) is 6.07 Å². The molecule has 7 heteroatoms. The number of phenols is 4. The summed E-state index contributed by atoms with van der Waals surface area (Å²) in [6, 6.07) is 2.06. The predicted octanol–water partition coefficient (Wildman–Crippen LogP) is 1.99. The van der Waals surface area contributed by atoms with Gasteiger partial charge in [0.25, 0.3) is 4.29 Å². The van der Waals surface area contributed by atoms with E-state index in [0.717, 1.165) is 12.1 Å². The van der Waals surface area contributed by atoms with Gasteiger partial charge in [-0.15, -0.1) is 0 Å². The molecule has 3 aromatic rings. The van der Waals surface area contributed by atoms with E-state index in [-0.39, 0.29) is 11.3 Å². The van der Waals surface area contributed by atoms with Crippen molar-refractivity contribution >= 4 is 11.0 Å². The van der Waals surface area contributed by atoms with Gasteiger partial charge in [-0.25, -0.2) is 0 Å². The number of hydrogen-bond donors (Lipinski definition) is 5. The van der Waals surface area contributed by atoms with Crippen LogP contribution in [-0.4, -0.2) is 29.8 Å². The maximum atomic E-state index is 12.8. The summed E-state index contributed by atoms with van der Waals surface area (Å²) in [6.07, 6.45) is 0. The summed E-state index contributed by atoms with van der Waals surface area (Å²) in [4.78, 5) is 12.8. The van der Waals surface area contributed by atoms with Crippen molar-refractivity contribution in [2.45, 2.75) is 0 Å². The zero-order chi connectivity index (χ0) is 19.9. The average Bonchev–Trinajstić information content (AvgIpc) is 2.65. The van der Waals surface area contributed by atoms with E-state index in [9.17, 15) is 15.0 Å². The van der Waals surface area contributed by atoms with Gasteiger partial charge in [-0.1, -0.05) is 0 Å². The minimum atomic E-state index is -1.02. The lowest BCUT2D eigenvalue weighted by molar-refractivity contribution is 0.403. The first-order chi connectivity index (χ1) is 12.8.